The summed E-state index contributed by atoms with van der Waals surface area (Å²) in [6.07, 6.45) is 13.0. The summed E-state index contributed by atoms with van der Waals surface area (Å²) in [6.45, 7) is 3.44. The third-order valence-corrected chi connectivity index (χ3v) is 5.78. The molecule has 0 radical (unpaired) electrons. The molecule has 3 fully saturated rings. The molecule has 0 aromatic rings. The molecule has 0 bridgehead atoms. The number of piperidine rings is 1. The molecule has 1 amide bonds. The maximum atomic E-state index is 12.0. The van der Waals surface area contributed by atoms with E-state index in [0.29, 0.717) is 11.8 Å². The van der Waals surface area contributed by atoms with Gasteiger partial charge in [-0.15, -0.1) is 0 Å². The lowest BCUT2D eigenvalue weighted by molar-refractivity contribution is -0.125. The lowest BCUT2D eigenvalue weighted by Gasteiger charge is -2.36. The first-order valence-electron chi connectivity index (χ1n) is 8.84. The number of carbonyl (C=O) groups excluding carboxylic acids is 1. The summed E-state index contributed by atoms with van der Waals surface area (Å²) in [7, 11) is 0. The van der Waals surface area contributed by atoms with Gasteiger partial charge in [0.25, 0.3) is 0 Å². The summed E-state index contributed by atoms with van der Waals surface area (Å²) in [4.78, 5) is 14.8. The van der Waals surface area contributed by atoms with Crippen molar-refractivity contribution >= 4 is 5.91 Å². The standard InChI is InChI=1S/C17H30N2O/c20-17(15-5-1-2-6-15)18-13-14-9-11-19(12-10-14)16-7-3-4-8-16/h14-16H,1-13H2,(H,18,20). The number of nitrogens with one attached hydrogen (secondary N) is 1. The van der Waals surface area contributed by atoms with Crippen molar-refractivity contribution in [2.75, 3.05) is 19.6 Å². The van der Waals surface area contributed by atoms with Gasteiger partial charge < -0.3 is 10.2 Å². The zero-order valence-electron chi connectivity index (χ0n) is 12.8. The summed E-state index contributed by atoms with van der Waals surface area (Å²) < 4.78 is 0. The van der Waals surface area contributed by atoms with E-state index < -0.39 is 0 Å². The van der Waals surface area contributed by atoms with Crippen LogP contribution in [0.25, 0.3) is 0 Å². The average Bonchev–Trinajstić information content (AvgIpc) is 3.18. The number of hydrogen-bond acceptors (Lipinski definition) is 2. The summed E-state index contributed by atoms with van der Waals surface area (Å²) >= 11 is 0. The van der Waals surface area contributed by atoms with Crippen molar-refractivity contribution in [3.05, 3.63) is 0 Å². The molecule has 2 aliphatic carbocycles. The topological polar surface area (TPSA) is 32.3 Å². The zero-order chi connectivity index (χ0) is 13.8. The zero-order valence-corrected chi connectivity index (χ0v) is 12.8. The van der Waals surface area contributed by atoms with Gasteiger partial charge >= 0.3 is 0 Å². The van der Waals surface area contributed by atoms with E-state index in [1.54, 1.807) is 0 Å². The molecular formula is C17H30N2O. The van der Waals surface area contributed by atoms with Crippen LogP contribution in [0.2, 0.25) is 0 Å². The fraction of sp³-hybridized carbons (Fsp3) is 0.941. The van der Waals surface area contributed by atoms with Crippen molar-refractivity contribution < 1.29 is 4.79 Å². The van der Waals surface area contributed by atoms with Crippen LogP contribution in [0.3, 0.4) is 0 Å². The minimum atomic E-state index is 0.327. The Kier molecular flexibility index (Phi) is 4.98. The normalized spacial score (nSPS) is 27.2. The van der Waals surface area contributed by atoms with E-state index in [1.165, 1.54) is 64.5 Å². The predicted molar refractivity (Wildman–Crippen MR) is 81.5 cm³/mol. The second kappa shape index (κ2) is 6.93. The van der Waals surface area contributed by atoms with Gasteiger partial charge in [-0.2, -0.15) is 0 Å². The number of rotatable bonds is 4. The number of likely N-dealkylation sites (tertiary alicyclic amines) is 1. The summed E-state index contributed by atoms with van der Waals surface area (Å²) in [5.41, 5.74) is 0. The van der Waals surface area contributed by atoms with E-state index in [-0.39, 0.29) is 0 Å². The maximum Gasteiger partial charge on any atom is 0.223 e. The van der Waals surface area contributed by atoms with Crippen molar-refractivity contribution in [3.63, 3.8) is 0 Å². The lowest BCUT2D eigenvalue weighted by Crippen LogP contribution is -2.43. The highest BCUT2D eigenvalue weighted by Crippen LogP contribution is 2.28. The van der Waals surface area contributed by atoms with Crippen molar-refractivity contribution in [2.45, 2.75) is 70.3 Å². The van der Waals surface area contributed by atoms with Crippen molar-refractivity contribution in [3.8, 4) is 0 Å². The first-order valence-corrected chi connectivity index (χ1v) is 8.84. The van der Waals surface area contributed by atoms with Crippen LogP contribution in [0.1, 0.15) is 64.2 Å². The Morgan fingerprint density at radius 2 is 1.50 bits per heavy atom. The monoisotopic (exact) mass is 278 g/mol. The molecule has 3 nitrogen and oxygen atoms in total. The quantitative estimate of drug-likeness (QED) is 0.857. The molecule has 3 rings (SSSR count). The van der Waals surface area contributed by atoms with E-state index in [2.05, 4.69) is 10.2 Å². The van der Waals surface area contributed by atoms with Gasteiger partial charge in [-0.25, -0.2) is 0 Å². The van der Waals surface area contributed by atoms with E-state index in [4.69, 9.17) is 0 Å². The maximum absolute atomic E-state index is 12.0. The predicted octanol–water partition coefficient (Wildman–Crippen LogP) is 2.95. The summed E-state index contributed by atoms with van der Waals surface area (Å²) in [6, 6.07) is 0.879. The van der Waals surface area contributed by atoms with Crippen LogP contribution < -0.4 is 5.32 Å². The van der Waals surface area contributed by atoms with E-state index in [0.717, 1.165) is 31.3 Å². The van der Waals surface area contributed by atoms with Gasteiger partial charge in [-0.05, 0) is 57.5 Å². The Morgan fingerprint density at radius 3 is 2.15 bits per heavy atom. The minimum absolute atomic E-state index is 0.327. The van der Waals surface area contributed by atoms with Gasteiger partial charge in [-0.1, -0.05) is 25.7 Å². The smallest absolute Gasteiger partial charge is 0.223 e. The van der Waals surface area contributed by atoms with Crippen LogP contribution >= 0.6 is 0 Å². The minimum Gasteiger partial charge on any atom is -0.356 e. The molecule has 20 heavy (non-hydrogen) atoms. The second-order valence-corrected chi connectivity index (χ2v) is 7.14. The van der Waals surface area contributed by atoms with E-state index in [1.807, 2.05) is 0 Å². The molecule has 0 unspecified atom stereocenters. The van der Waals surface area contributed by atoms with Gasteiger partial charge in [0.1, 0.15) is 0 Å². The average molecular weight is 278 g/mol. The molecule has 1 N–H and O–H groups in total. The SMILES string of the molecule is O=C(NCC1CCN(C2CCCC2)CC1)C1CCCC1. The molecule has 0 atom stereocenters. The molecule has 0 spiro atoms. The fourth-order valence-corrected chi connectivity index (χ4v) is 4.37. The molecule has 0 aromatic heterocycles. The number of hydrogen-bond donors (Lipinski definition) is 1. The number of nitrogens with zero attached hydrogens (tertiary/aromatic N) is 1. The summed E-state index contributed by atoms with van der Waals surface area (Å²) in [5.74, 6) is 1.38. The molecule has 3 heteroatoms. The third kappa shape index (κ3) is 3.55. The van der Waals surface area contributed by atoms with Crippen LogP contribution in [-0.2, 0) is 4.79 Å². The van der Waals surface area contributed by atoms with Gasteiger partial charge in [0, 0.05) is 18.5 Å². The lowest BCUT2D eigenvalue weighted by atomic mass is 9.95. The highest BCUT2D eigenvalue weighted by molar-refractivity contribution is 5.78. The second-order valence-electron chi connectivity index (χ2n) is 7.14. The molecule has 1 aliphatic heterocycles. The van der Waals surface area contributed by atoms with Gasteiger partial charge in [0.2, 0.25) is 5.91 Å². The van der Waals surface area contributed by atoms with E-state index in [9.17, 15) is 4.79 Å². The Morgan fingerprint density at radius 1 is 0.900 bits per heavy atom. The first-order chi connectivity index (χ1) is 9.83. The van der Waals surface area contributed by atoms with Gasteiger partial charge in [-0.3, -0.25) is 4.79 Å². The molecule has 0 aromatic carbocycles. The third-order valence-electron chi connectivity index (χ3n) is 5.78. The van der Waals surface area contributed by atoms with Crippen LogP contribution in [-0.4, -0.2) is 36.5 Å². The van der Waals surface area contributed by atoms with Crippen molar-refractivity contribution in [2.24, 2.45) is 11.8 Å². The molecule has 2 saturated carbocycles. The van der Waals surface area contributed by atoms with Gasteiger partial charge in [0.15, 0.2) is 0 Å². The van der Waals surface area contributed by atoms with Crippen LogP contribution in [0.4, 0.5) is 0 Å². The number of carbonyl (C=O) groups is 1. The highest BCUT2D eigenvalue weighted by Gasteiger charge is 2.28. The Labute approximate surface area is 123 Å². The molecule has 1 heterocycles. The Balaban J connectivity index is 1.34. The van der Waals surface area contributed by atoms with Crippen LogP contribution in [0.15, 0.2) is 0 Å². The molecule has 3 aliphatic rings. The van der Waals surface area contributed by atoms with Crippen molar-refractivity contribution in [1.29, 1.82) is 0 Å². The molecule has 114 valence electrons. The largest absolute Gasteiger partial charge is 0.356 e. The first kappa shape index (κ1) is 14.4. The highest BCUT2D eigenvalue weighted by atomic mass is 16.1. The van der Waals surface area contributed by atoms with Gasteiger partial charge in [0.05, 0.1) is 0 Å². The molecule has 1 saturated heterocycles. The molecular weight excluding hydrogens is 248 g/mol. The van der Waals surface area contributed by atoms with E-state index >= 15 is 0 Å². The van der Waals surface area contributed by atoms with Crippen LogP contribution in [0.5, 0.6) is 0 Å². The summed E-state index contributed by atoms with van der Waals surface area (Å²) in [5, 5.41) is 3.22. The fourth-order valence-electron chi connectivity index (χ4n) is 4.37. The van der Waals surface area contributed by atoms with Crippen LogP contribution in [0, 0.1) is 11.8 Å². The Bertz CT molecular complexity index is 311. The Hall–Kier alpha value is -0.570. The van der Waals surface area contributed by atoms with Crippen molar-refractivity contribution in [1.82, 2.24) is 10.2 Å². The number of amides is 1.